The predicted octanol–water partition coefficient (Wildman–Crippen LogP) is -1.19. The largest absolute Gasteiger partial charge is 0.318 e. The number of rotatable bonds is 9. The maximum absolute atomic E-state index is 5.33. The molecule has 6 heteroatoms. The highest BCUT2D eigenvalue weighted by Crippen LogP contribution is 1.89. The Balaban J connectivity index is 0.000000443. The van der Waals surface area contributed by atoms with E-state index in [-0.39, 0.29) is 0 Å². The molecule has 1 aromatic carbocycles. The van der Waals surface area contributed by atoms with Crippen molar-refractivity contribution >= 4 is 0 Å². The molecule has 19 heavy (non-hydrogen) atoms. The van der Waals surface area contributed by atoms with E-state index in [0.29, 0.717) is 25.9 Å². The van der Waals surface area contributed by atoms with E-state index in [2.05, 4.69) is 16.0 Å². The van der Waals surface area contributed by atoms with Gasteiger partial charge in [-0.3, -0.25) is 0 Å². The molecule has 0 fully saturated rings. The third kappa shape index (κ3) is 13.2. The normalized spacial score (nSPS) is 10.1. The summed E-state index contributed by atoms with van der Waals surface area (Å²) in [6.07, 6.45) is 0. The summed E-state index contributed by atoms with van der Waals surface area (Å²) in [4.78, 5) is 0. The molecule has 0 aliphatic carbocycles. The second-order valence-electron chi connectivity index (χ2n) is 4.00. The Hall–Kier alpha value is -1.02. The minimum Gasteiger partial charge on any atom is -0.318 e. The molecule has 0 spiro atoms. The lowest BCUT2D eigenvalue weighted by atomic mass is 10.1. The Morgan fingerprint density at radius 3 is 1.05 bits per heavy atom. The van der Waals surface area contributed by atoms with Crippen molar-refractivity contribution in [1.82, 2.24) is 16.0 Å². The van der Waals surface area contributed by atoms with Gasteiger partial charge in [0.15, 0.2) is 0 Å². The Bertz CT molecular complexity index is 211. The van der Waals surface area contributed by atoms with Crippen LogP contribution >= 0.6 is 0 Å². The molecule has 6 nitrogen and oxygen atoms in total. The second kappa shape index (κ2) is 15.0. The fourth-order valence-corrected chi connectivity index (χ4v) is 1.46. The summed E-state index contributed by atoms with van der Waals surface area (Å²) in [7, 11) is 0. The lowest BCUT2D eigenvalue weighted by Crippen LogP contribution is -2.41. The summed E-state index contributed by atoms with van der Waals surface area (Å²) >= 11 is 0. The van der Waals surface area contributed by atoms with E-state index >= 15 is 0 Å². The Labute approximate surface area is 116 Å². The number of nitrogens with two attached hydrogens (primary N) is 3. The molecule has 0 amide bonds. The molecule has 9 N–H and O–H groups in total. The summed E-state index contributed by atoms with van der Waals surface area (Å²) in [5.74, 6) is 0.468. The van der Waals surface area contributed by atoms with Gasteiger partial charge in [0.1, 0.15) is 0 Å². The molecule has 0 atom stereocenters. The Kier molecular flexibility index (Phi) is 14.2. The van der Waals surface area contributed by atoms with Gasteiger partial charge in [-0.05, 0) is 5.92 Å². The number of nitrogens with one attached hydrogen (secondary N) is 3. The SMILES string of the molecule is NCNCC(CNCN)CNCN.c1ccccc1. The quantitative estimate of drug-likeness (QED) is 0.314. The standard InChI is InChI=1S/C7H22N6.C6H6/c8-4-11-1-7(2-12-5-9)3-13-6-10;1-2-4-6-5-3-1/h7,11-13H,1-6,8-10H2;1-6H. The highest BCUT2D eigenvalue weighted by atomic mass is 15.0. The molecule has 1 aromatic rings. The molecule has 0 aromatic heterocycles. The van der Waals surface area contributed by atoms with Gasteiger partial charge in [0.05, 0.1) is 0 Å². The van der Waals surface area contributed by atoms with Crippen LogP contribution in [0.3, 0.4) is 0 Å². The van der Waals surface area contributed by atoms with Crippen molar-refractivity contribution in [2.75, 3.05) is 39.6 Å². The van der Waals surface area contributed by atoms with E-state index in [1.54, 1.807) is 0 Å². The van der Waals surface area contributed by atoms with E-state index in [0.717, 1.165) is 19.6 Å². The number of hydrogen-bond donors (Lipinski definition) is 6. The van der Waals surface area contributed by atoms with Gasteiger partial charge in [-0.2, -0.15) is 0 Å². The molecule has 0 unspecified atom stereocenters. The van der Waals surface area contributed by atoms with E-state index < -0.39 is 0 Å². The van der Waals surface area contributed by atoms with Crippen molar-refractivity contribution in [2.24, 2.45) is 23.1 Å². The van der Waals surface area contributed by atoms with Crippen LogP contribution in [-0.4, -0.2) is 39.6 Å². The predicted molar refractivity (Wildman–Crippen MR) is 81.1 cm³/mol. The van der Waals surface area contributed by atoms with E-state index in [9.17, 15) is 0 Å². The zero-order chi connectivity index (χ0) is 14.2. The lowest BCUT2D eigenvalue weighted by molar-refractivity contribution is 0.423. The van der Waals surface area contributed by atoms with Crippen molar-refractivity contribution in [3.8, 4) is 0 Å². The first-order chi connectivity index (χ1) is 9.35. The zero-order valence-corrected chi connectivity index (χ0v) is 11.5. The fourth-order valence-electron chi connectivity index (χ4n) is 1.46. The van der Waals surface area contributed by atoms with Gasteiger partial charge in [0, 0.05) is 39.6 Å². The maximum atomic E-state index is 5.33. The van der Waals surface area contributed by atoms with Crippen molar-refractivity contribution < 1.29 is 0 Å². The first-order valence-electron chi connectivity index (χ1n) is 6.57. The van der Waals surface area contributed by atoms with Crippen LogP contribution in [0.4, 0.5) is 0 Å². The van der Waals surface area contributed by atoms with E-state index in [1.165, 1.54) is 0 Å². The first kappa shape index (κ1) is 18.0. The third-order valence-electron chi connectivity index (χ3n) is 2.40. The highest BCUT2D eigenvalue weighted by molar-refractivity contribution is 4.99. The fraction of sp³-hybridized carbons (Fsp3) is 0.538. The first-order valence-corrected chi connectivity index (χ1v) is 6.57. The average Bonchev–Trinajstić information content (AvgIpc) is 2.49. The molecule has 0 bridgehead atoms. The average molecular weight is 268 g/mol. The van der Waals surface area contributed by atoms with Crippen LogP contribution in [0.1, 0.15) is 0 Å². The van der Waals surface area contributed by atoms with Crippen molar-refractivity contribution in [1.29, 1.82) is 0 Å². The van der Waals surface area contributed by atoms with Gasteiger partial charge in [0.25, 0.3) is 0 Å². The van der Waals surface area contributed by atoms with Gasteiger partial charge in [-0.15, -0.1) is 0 Å². The minimum atomic E-state index is 0.468. The van der Waals surface area contributed by atoms with Crippen molar-refractivity contribution in [3.63, 3.8) is 0 Å². The lowest BCUT2D eigenvalue weighted by Gasteiger charge is -2.17. The summed E-state index contributed by atoms with van der Waals surface area (Å²) in [5.41, 5.74) is 16.0. The smallest absolute Gasteiger partial charge is 0.0428 e. The van der Waals surface area contributed by atoms with E-state index in [1.807, 2.05) is 36.4 Å². The maximum Gasteiger partial charge on any atom is 0.0428 e. The third-order valence-corrected chi connectivity index (χ3v) is 2.40. The van der Waals surface area contributed by atoms with Crippen LogP contribution in [0.5, 0.6) is 0 Å². The molecule has 0 heterocycles. The molecular formula is C13H28N6. The molecule has 0 saturated heterocycles. The van der Waals surface area contributed by atoms with Crippen molar-refractivity contribution in [2.45, 2.75) is 0 Å². The Morgan fingerprint density at radius 2 is 0.842 bits per heavy atom. The summed E-state index contributed by atoms with van der Waals surface area (Å²) in [5, 5.41) is 9.25. The molecule has 0 aliphatic rings. The van der Waals surface area contributed by atoms with Crippen LogP contribution in [0.2, 0.25) is 0 Å². The van der Waals surface area contributed by atoms with Crippen LogP contribution < -0.4 is 33.2 Å². The van der Waals surface area contributed by atoms with Gasteiger partial charge in [-0.1, -0.05) is 36.4 Å². The van der Waals surface area contributed by atoms with Crippen LogP contribution in [-0.2, 0) is 0 Å². The zero-order valence-electron chi connectivity index (χ0n) is 11.5. The van der Waals surface area contributed by atoms with Gasteiger partial charge < -0.3 is 33.2 Å². The molecule has 0 saturated carbocycles. The summed E-state index contributed by atoms with van der Waals surface area (Å²) in [6, 6.07) is 12.0. The summed E-state index contributed by atoms with van der Waals surface area (Å²) < 4.78 is 0. The molecule has 0 aliphatic heterocycles. The molecule has 110 valence electrons. The number of benzene rings is 1. The number of hydrogen-bond acceptors (Lipinski definition) is 6. The van der Waals surface area contributed by atoms with Crippen LogP contribution in [0, 0.1) is 5.92 Å². The topological polar surface area (TPSA) is 114 Å². The molecule has 0 radical (unpaired) electrons. The van der Waals surface area contributed by atoms with Crippen molar-refractivity contribution in [3.05, 3.63) is 36.4 Å². The second-order valence-corrected chi connectivity index (χ2v) is 4.00. The minimum absolute atomic E-state index is 0.468. The van der Waals surface area contributed by atoms with E-state index in [4.69, 9.17) is 17.2 Å². The van der Waals surface area contributed by atoms with Gasteiger partial charge in [-0.25, -0.2) is 0 Å². The van der Waals surface area contributed by atoms with Gasteiger partial charge >= 0.3 is 0 Å². The van der Waals surface area contributed by atoms with Crippen LogP contribution in [0.25, 0.3) is 0 Å². The monoisotopic (exact) mass is 268 g/mol. The summed E-state index contributed by atoms with van der Waals surface area (Å²) in [6.45, 7) is 4.12. The molecule has 1 rings (SSSR count). The molecular weight excluding hydrogens is 240 g/mol. The highest BCUT2D eigenvalue weighted by Gasteiger charge is 2.05. The Morgan fingerprint density at radius 1 is 0.579 bits per heavy atom. The van der Waals surface area contributed by atoms with Gasteiger partial charge in [0.2, 0.25) is 0 Å². The van der Waals surface area contributed by atoms with Crippen LogP contribution in [0.15, 0.2) is 36.4 Å².